The van der Waals surface area contributed by atoms with E-state index >= 15 is 0 Å². The summed E-state index contributed by atoms with van der Waals surface area (Å²) < 4.78 is 0. The molecular formula is C22H24N2S. The second-order valence-electron chi connectivity index (χ2n) is 6.67. The fraction of sp³-hybridized carbons (Fsp3) is 0.227. The molecule has 3 rings (SSSR count). The van der Waals surface area contributed by atoms with Crippen molar-refractivity contribution in [2.24, 2.45) is 0 Å². The second-order valence-corrected chi connectivity index (χ2v) is 7.08. The first-order valence-electron chi connectivity index (χ1n) is 8.69. The number of fused-ring (bicyclic) bond motifs is 1. The lowest BCUT2D eigenvalue weighted by Crippen LogP contribution is -2.30. The highest BCUT2D eigenvalue weighted by Crippen LogP contribution is 2.23. The molecule has 2 nitrogen and oxygen atoms in total. The van der Waals surface area contributed by atoms with Crippen LogP contribution < -0.4 is 10.6 Å². The Balaban J connectivity index is 1.69. The fourth-order valence-electron chi connectivity index (χ4n) is 2.94. The van der Waals surface area contributed by atoms with Gasteiger partial charge in [-0.25, -0.2) is 0 Å². The third-order valence-corrected chi connectivity index (χ3v) is 4.71. The van der Waals surface area contributed by atoms with Crippen molar-refractivity contribution in [2.75, 3.05) is 5.32 Å². The largest absolute Gasteiger partial charge is 0.356 e. The van der Waals surface area contributed by atoms with Crippen LogP contribution in [-0.2, 0) is 0 Å². The van der Waals surface area contributed by atoms with Crippen LogP contribution in [0.15, 0.2) is 66.7 Å². The van der Waals surface area contributed by atoms with E-state index in [0.717, 1.165) is 5.69 Å². The Bertz CT molecular complexity index is 863. The number of hydrogen-bond acceptors (Lipinski definition) is 1. The smallest absolute Gasteiger partial charge is 0.171 e. The van der Waals surface area contributed by atoms with Crippen LogP contribution >= 0.6 is 12.2 Å². The number of hydrogen-bond donors (Lipinski definition) is 2. The number of anilines is 1. The molecule has 1 atom stereocenters. The van der Waals surface area contributed by atoms with Crippen LogP contribution in [0.5, 0.6) is 0 Å². The minimum absolute atomic E-state index is 0.149. The molecular weight excluding hydrogens is 324 g/mol. The van der Waals surface area contributed by atoms with Gasteiger partial charge in [-0.1, -0.05) is 74.5 Å². The quantitative estimate of drug-likeness (QED) is 0.565. The van der Waals surface area contributed by atoms with Crippen molar-refractivity contribution in [3.8, 4) is 0 Å². The van der Waals surface area contributed by atoms with Gasteiger partial charge in [0.05, 0.1) is 6.04 Å². The molecule has 0 amide bonds. The van der Waals surface area contributed by atoms with E-state index in [1.807, 2.05) is 18.2 Å². The Morgan fingerprint density at radius 2 is 1.44 bits per heavy atom. The lowest BCUT2D eigenvalue weighted by Gasteiger charge is -2.19. The molecule has 0 saturated carbocycles. The first-order chi connectivity index (χ1) is 12.0. The summed E-state index contributed by atoms with van der Waals surface area (Å²) in [6.07, 6.45) is 0. The zero-order valence-corrected chi connectivity index (χ0v) is 15.7. The summed E-state index contributed by atoms with van der Waals surface area (Å²) in [5, 5.41) is 9.72. The second kappa shape index (κ2) is 7.66. The van der Waals surface area contributed by atoms with Gasteiger partial charge in [-0.3, -0.25) is 0 Å². The normalized spacial score (nSPS) is 12.2. The van der Waals surface area contributed by atoms with Gasteiger partial charge in [0.25, 0.3) is 0 Å². The molecule has 0 unspecified atom stereocenters. The van der Waals surface area contributed by atoms with E-state index in [0.29, 0.717) is 11.0 Å². The zero-order chi connectivity index (χ0) is 17.8. The van der Waals surface area contributed by atoms with Gasteiger partial charge in [0.2, 0.25) is 0 Å². The average molecular weight is 349 g/mol. The van der Waals surface area contributed by atoms with Crippen molar-refractivity contribution in [2.45, 2.75) is 32.7 Å². The third-order valence-electron chi connectivity index (χ3n) is 4.49. The topological polar surface area (TPSA) is 24.1 Å². The Morgan fingerprint density at radius 3 is 2.16 bits per heavy atom. The predicted octanol–water partition coefficient (Wildman–Crippen LogP) is 6.01. The van der Waals surface area contributed by atoms with Crippen molar-refractivity contribution in [3.63, 3.8) is 0 Å². The molecule has 0 radical (unpaired) electrons. The van der Waals surface area contributed by atoms with Gasteiger partial charge < -0.3 is 10.6 Å². The van der Waals surface area contributed by atoms with E-state index in [9.17, 15) is 0 Å². The van der Waals surface area contributed by atoms with E-state index in [1.165, 1.54) is 21.9 Å². The van der Waals surface area contributed by atoms with E-state index in [2.05, 4.69) is 79.9 Å². The molecule has 25 heavy (non-hydrogen) atoms. The van der Waals surface area contributed by atoms with Gasteiger partial charge in [0.1, 0.15) is 0 Å². The van der Waals surface area contributed by atoms with Crippen LogP contribution in [0, 0.1) is 0 Å². The summed E-state index contributed by atoms with van der Waals surface area (Å²) in [6, 6.07) is 23.4. The Kier molecular flexibility index (Phi) is 5.34. The van der Waals surface area contributed by atoms with E-state index in [-0.39, 0.29) is 6.04 Å². The maximum Gasteiger partial charge on any atom is 0.171 e. The maximum absolute atomic E-state index is 5.52. The molecule has 0 aromatic heterocycles. The van der Waals surface area contributed by atoms with Crippen LogP contribution in [-0.4, -0.2) is 5.11 Å². The lowest BCUT2D eigenvalue weighted by molar-refractivity contribution is 0.721. The summed E-state index contributed by atoms with van der Waals surface area (Å²) in [5.74, 6) is 0.548. The Hall–Kier alpha value is -2.39. The fourth-order valence-corrected chi connectivity index (χ4v) is 3.23. The summed E-state index contributed by atoms with van der Waals surface area (Å²) in [4.78, 5) is 0. The zero-order valence-electron chi connectivity index (χ0n) is 14.9. The molecule has 0 heterocycles. The standard InChI is InChI=1S/C22H24N2S/c1-15(2)17-11-13-18(14-12-17)16(3)23-22(25)24-21-10-6-8-19-7-4-5-9-20(19)21/h4-16H,1-3H3,(H2,23,24,25)/t16-/m0/s1. The highest BCUT2D eigenvalue weighted by atomic mass is 32.1. The van der Waals surface area contributed by atoms with Gasteiger partial charge in [-0.2, -0.15) is 0 Å². The summed E-state index contributed by atoms with van der Waals surface area (Å²) in [7, 11) is 0. The number of rotatable bonds is 4. The van der Waals surface area contributed by atoms with Crippen LogP contribution in [0.2, 0.25) is 0 Å². The van der Waals surface area contributed by atoms with Crippen LogP contribution in [0.25, 0.3) is 10.8 Å². The molecule has 3 aromatic rings. The number of benzene rings is 3. The van der Waals surface area contributed by atoms with Crippen molar-refractivity contribution in [1.29, 1.82) is 0 Å². The monoisotopic (exact) mass is 348 g/mol. The molecule has 0 bridgehead atoms. The Morgan fingerprint density at radius 1 is 0.800 bits per heavy atom. The summed E-state index contributed by atoms with van der Waals surface area (Å²) >= 11 is 5.52. The summed E-state index contributed by atoms with van der Waals surface area (Å²) in [5.41, 5.74) is 3.61. The predicted molar refractivity (Wildman–Crippen MR) is 112 cm³/mol. The van der Waals surface area contributed by atoms with Crippen LogP contribution in [0.3, 0.4) is 0 Å². The van der Waals surface area contributed by atoms with Crippen molar-refractivity contribution >= 4 is 33.8 Å². The van der Waals surface area contributed by atoms with Gasteiger partial charge in [-0.05, 0) is 47.6 Å². The van der Waals surface area contributed by atoms with Crippen molar-refractivity contribution in [3.05, 3.63) is 77.9 Å². The molecule has 128 valence electrons. The average Bonchev–Trinajstić information content (AvgIpc) is 2.62. The molecule has 3 heteroatoms. The molecule has 0 fully saturated rings. The molecule has 0 aliphatic carbocycles. The highest BCUT2D eigenvalue weighted by Gasteiger charge is 2.09. The van der Waals surface area contributed by atoms with Gasteiger partial charge in [0, 0.05) is 11.1 Å². The number of thiocarbonyl (C=S) groups is 1. The first-order valence-corrected chi connectivity index (χ1v) is 9.10. The molecule has 0 saturated heterocycles. The van der Waals surface area contributed by atoms with Gasteiger partial charge in [-0.15, -0.1) is 0 Å². The molecule has 0 aliphatic heterocycles. The van der Waals surface area contributed by atoms with E-state index < -0.39 is 0 Å². The molecule has 2 N–H and O–H groups in total. The molecule has 0 spiro atoms. The molecule has 0 aliphatic rings. The van der Waals surface area contributed by atoms with E-state index in [1.54, 1.807) is 0 Å². The van der Waals surface area contributed by atoms with E-state index in [4.69, 9.17) is 12.2 Å². The van der Waals surface area contributed by atoms with Crippen molar-refractivity contribution < 1.29 is 0 Å². The van der Waals surface area contributed by atoms with Gasteiger partial charge in [0.15, 0.2) is 5.11 Å². The Labute approximate surface area is 155 Å². The van der Waals surface area contributed by atoms with Crippen LogP contribution in [0.1, 0.15) is 43.9 Å². The van der Waals surface area contributed by atoms with Crippen LogP contribution in [0.4, 0.5) is 5.69 Å². The number of nitrogens with one attached hydrogen (secondary N) is 2. The first kappa shape index (κ1) is 17.4. The SMILES string of the molecule is CC(C)c1ccc([C@H](C)NC(=S)Nc2cccc3ccccc23)cc1. The third kappa shape index (κ3) is 4.18. The lowest BCUT2D eigenvalue weighted by atomic mass is 10.00. The maximum atomic E-state index is 5.52. The summed E-state index contributed by atoms with van der Waals surface area (Å²) in [6.45, 7) is 6.54. The highest BCUT2D eigenvalue weighted by molar-refractivity contribution is 7.80. The minimum atomic E-state index is 0.149. The molecule has 3 aromatic carbocycles. The minimum Gasteiger partial charge on any atom is -0.356 e. The van der Waals surface area contributed by atoms with Crippen molar-refractivity contribution in [1.82, 2.24) is 5.32 Å². The van der Waals surface area contributed by atoms with Gasteiger partial charge >= 0.3 is 0 Å².